The monoisotopic (exact) mass is 168 g/mol. The quantitative estimate of drug-likeness (QED) is 0.460. The highest BCUT2D eigenvalue weighted by Crippen LogP contribution is 2.39. The van der Waals surface area contributed by atoms with E-state index >= 15 is 0 Å². The SMILES string of the molecule is O=CCC(=O)C1CC2CCC1O2. The van der Waals surface area contributed by atoms with Crippen molar-refractivity contribution in [3.8, 4) is 0 Å². The molecule has 12 heavy (non-hydrogen) atoms. The van der Waals surface area contributed by atoms with Crippen LogP contribution < -0.4 is 0 Å². The first-order valence-electron chi connectivity index (χ1n) is 4.43. The molecule has 0 aromatic carbocycles. The molecule has 3 unspecified atom stereocenters. The van der Waals surface area contributed by atoms with E-state index in [2.05, 4.69) is 0 Å². The fraction of sp³-hybridized carbons (Fsp3) is 0.778. The predicted molar refractivity (Wildman–Crippen MR) is 41.7 cm³/mol. The van der Waals surface area contributed by atoms with Crippen molar-refractivity contribution in [2.45, 2.75) is 37.9 Å². The van der Waals surface area contributed by atoms with E-state index in [1.54, 1.807) is 0 Å². The maximum Gasteiger partial charge on any atom is 0.145 e. The van der Waals surface area contributed by atoms with Crippen LogP contribution in [0.25, 0.3) is 0 Å². The lowest BCUT2D eigenvalue weighted by atomic mass is 9.85. The van der Waals surface area contributed by atoms with E-state index in [1.165, 1.54) is 0 Å². The zero-order valence-electron chi connectivity index (χ0n) is 6.86. The smallest absolute Gasteiger partial charge is 0.145 e. The van der Waals surface area contributed by atoms with Crippen molar-refractivity contribution in [3.63, 3.8) is 0 Å². The number of carbonyl (C=O) groups excluding carboxylic acids is 2. The Balaban J connectivity index is 1.97. The predicted octanol–water partition coefficient (Wildman–Crippen LogP) is 0.712. The molecule has 0 N–H and O–H groups in total. The summed E-state index contributed by atoms with van der Waals surface area (Å²) in [6.45, 7) is 0. The van der Waals surface area contributed by atoms with E-state index in [0.29, 0.717) is 12.4 Å². The van der Waals surface area contributed by atoms with Crippen molar-refractivity contribution in [2.24, 2.45) is 5.92 Å². The van der Waals surface area contributed by atoms with E-state index in [1.807, 2.05) is 0 Å². The molecule has 2 aliphatic heterocycles. The Kier molecular flexibility index (Phi) is 1.97. The molecule has 0 aromatic heterocycles. The van der Waals surface area contributed by atoms with Gasteiger partial charge in [-0.25, -0.2) is 0 Å². The van der Waals surface area contributed by atoms with Gasteiger partial charge < -0.3 is 9.53 Å². The normalized spacial score (nSPS) is 38.5. The summed E-state index contributed by atoms with van der Waals surface area (Å²) >= 11 is 0. The van der Waals surface area contributed by atoms with Crippen molar-refractivity contribution in [2.75, 3.05) is 0 Å². The van der Waals surface area contributed by atoms with Gasteiger partial charge in [0.05, 0.1) is 18.6 Å². The summed E-state index contributed by atoms with van der Waals surface area (Å²) in [4.78, 5) is 21.4. The van der Waals surface area contributed by atoms with Crippen molar-refractivity contribution >= 4 is 12.1 Å². The van der Waals surface area contributed by atoms with Gasteiger partial charge in [-0.2, -0.15) is 0 Å². The topological polar surface area (TPSA) is 43.4 Å². The van der Waals surface area contributed by atoms with Gasteiger partial charge in [0, 0.05) is 5.92 Å². The zero-order valence-corrected chi connectivity index (χ0v) is 6.86. The molecule has 0 aliphatic carbocycles. The molecule has 2 rings (SSSR count). The van der Waals surface area contributed by atoms with Gasteiger partial charge in [0.25, 0.3) is 0 Å². The molecule has 0 aromatic rings. The summed E-state index contributed by atoms with van der Waals surface area (Å²) in [5, 5.41) is 0. The van der Waals surface area contributed by atoms with Gasteiger partial charge in [0.15, 0.2) is 0 Å². The second-order valence-electron chi connectivity index (χ2n) is 3.55. The third kappa shape index (κ3) is 1.18. The molecule has 2 fully saturated rings. The third-order valence-corrected chi connectivity index (χ3v) is 2.80. The number of aldehydes is 1. The van der Waals surface area contributed by atoms with Gasteiger partial charge in [0.2, 0.25) is 0 Å². The number of hydrogen-bond donors (Lipinski definition) is 0. The summed E-state index contributed by atoms with van der Waals surface area (Å²) in [7, 11) is 0. The number of rotatable bonds is 3. The minimum atomic E-state index is 0.0222. The molecular weight excluding hydrogens is 156 g/mol. The Morgan fingerprint density at radius 2 is 2.33 bits per heavy atom. The van der Waals surface area contributed by atoms with Crippen LogP contribution in [0.5, 0.6) is 0 Å². The van der Waals surface area contributed by atoms with E-state index in [4.69, 9.17) is 4.74 Å². The lowest BCUT2D eigenvalue weighted by molar-refractivity contribution is -0.126. The highest BCUT2D eigenvalue weighted by Gasteiger charge is 2.43. The highest BCUT2D eigenvalue weighted by molar-refractivity contribution is 5.92. The van der Waals surface area contributed by atoms with Crippen molar-refractivity contribution in [1.82, 2.24) is 0 Å². The van der Waals surface area contributed by atoms with Crippen LogP contribution in [0.4, 0.5) is 0 Å². The Bertz CT molecular complexity index is 212. The Labute approximate surface area is 71.1 Å². The number of ether oxygens (including phenoxy) is 1. The molecule has 3 nitrogen and oxygen atoms in total. The van der Waals surface area contributed by atoms with Crippen LogP contribution in [-0.2, 0) is 14.3 Å². The maximum absolute atomic E-state index is 11.3. The molecule has 0 spiro atoms. The Morgan fingerprint density at radius 3 is 2.83 bits per heavy atom. The minimum absolute atomic E-state index is 0.0222. The largest absolute Gasteiger partial charge is 0.374 e. The molecule has 0 saturated carbocycles. The second-order valence-corrected chi connectivity index (χ2v) is 3.55. The summed E-state index contributed by atoms with van der Waals surface area (Å²) in [5.41, 5.74) is 0. The first-order chi connectivity index (χ1) is 5.81. The molecule has 0 amide bonds. The minimum Gasteiger partial charge on any atom is -0.374 e. The summed E-state index contributed by atoms with van der Waals surface area (Å²) in [6, 6.07) is 0. The molecule has 2 saturated heterocycles. The molecule has 3 heteroatoms. The number of Topliss-reactive ketones (excluding diaryl/α,β-unsaturated/α-hetero) is 1. The van der Waals surface area contributed by atoms with E-state index in [0.717, 1.165) is 19.3 Å². The average Bonchev–Trinajstić information content (AvgIpc) is 2.64. The second kappa shape index (κ2) is 2.98. The fourth-order valence-corrected chi connectivity index (χ4v) is 2.21. The molecule has 2 aliphatic rings. The number of ketones is 1. The lowest BCUT2D eigenvalue weighted by Gasteiger charge is -2.15. The van der Waals surface area contributed by atoms with Crippen LogP contribution in [0.3, 0.4) is 0 Å². The number of hydrogen-bond acceptors (Lipinski definition) is 3. The first kappa shape index (κ1) is 7.92. The van der Waals surface area contributed by atoms with Crippen LogP contribution in [-0.4, -0.2) is 24.3 Å². The van der Waals surface area contributed by atoms with Crippen LogP contribution in [0.1, 0.15) is 25.7 Å². The zero-order chi connectivity index (χ0) is 8.55. The van der Waals surface area contributed by atoms with Crippen LogP contribution in [0.2, 0.25) is 0 Å². The molecule has 2 heterocycles. The van der Waals surface area contributed by atoms with Crippen molar-refractivity contribution in [1.29, 1.82) is 0 Å². The van der Waals surface area contributed by atoms with Gasteiger partial charge >= 0.3 is 0 Å². The molecule has 66 valence electrons. The standard InChI is InChI=1S/C9H12O3/c10-4-3-8(11)7-5-6-1-2-9(7)12-6/h4,6-7,9H,1-3,5H2. The molecule has 3 atom stereocenters. The average molecular weight is 168 g/mol. The summed E-state index contributed by atoms with van der Waals surface area (Å²) in [5.74, 6) is 0.0890. The third-order valence-electron chi connectivity index (χ3n) is 2.80. The maximum atomic E-state index is 11.3. The lowest BCUT2D eigenvalue weighted by Crippen LogP contribution is -2.25. The first-order valence-corrected chi connectivity index (χ1v) is 4.43. The van der Waals surface area contributed by atoms with Gasteiger partial charge in [-0.05, 0) is 19.3 Å². The summed E-state index contributed by atoms with van der Waals surface area (Å²) in [6.07, 6.45) is 4.12. The molecule has 2 bridgehead atoms. The van der Waals surface area contributed by atoms with E-state index in [9.17, 15) is 9.59 Å². The van der Waals surface area contributed by atoms with Gasteiger partial charge in [-0.3, -0.25) is 4.79 Å². The molecular formula is C9H12O3. The van der Waals surface area contributed by atoms with Gasteiger partial charge in [-0.15, -0.1) is 0 Å². The fourth-order valence-electron chi connectivity index (χ4n) is 2.21. The van der Waals surface area contributed by atoms with Crippen molar-refractivity contribution < 1.29 is 14.3 Å². The van der Waals surface area contributed by atoms with Crippen LogP contribution >= 0.6 is 0 Å². The van der Waals surface area contributed by atoms with Crippen molar-refractivity contribution in [3.05, 3.63) is 0 Å². The van der Waals surface area contributed by atoms with E-state index < -0.39 is 0 Å². The number of fused-ring (bicyclic) bond motifs is 2. The van der Waals surface area contributed by atoms with Gasteiger partial charge in [0.1, 0.15) is 12.1 Å². The number of carbonyl (C=O) groups is 2. The Morgan fingerprint density at radius 1 is 1.50 bits per heavy atom. The van der Waals surface area contributed by atoms with Gasteiger partial charge in [-0.1, -0.05) is 0 Å². The van der Waals surface area contributed by atoms with Crippen LogP contribution in [0, 0.1) is 5.92 Å². The Hall–Kier alpha value is -0.700. The summed E-state index contributed by atoms with van der Waals surface area (Å²) < 4.78 is 5.52. The van der Waals surface area contributed by atoms with E-state index in [-0.39, 0.29) is 24.2 Å². The molecule has 0 radical (unpaired) electrons. The van der Waals surface area contributed by atoms with Crippen LogP contribution in [0.15, 0.2) is 0 Å². The highest BCUT2D eigenvalue weighted by atomic mass is 16.5.